The number of ether oxygens (including phenoxy) is 1. The van der Waals surface area contributed by atoms with E-state index in [0.29, 0.717) is 0 Å². The molecule has 0 aliphatic rings. The Labute approximate surface area is 98.8 Å². The van der Waals surface area contributed by atoms with Crippen LogP contribution < -0.4 is 5.32 Å². The Bertz CT molecular complexity index is 319. The molecule has 0 radical (unpaired) electrons. The Balaban J connectivity index is 4.62. The lowest BCUT2D eigenvalue weighted by molar-refractivity contribution is -0.150. The summed E-state index contributed by atoms with van der Waals surface area (Å²) in [5, 5.41) is 19.5. The average molecular weight is 247 g/mol. The van der Waals surface area contributed by atoms with Gasteiger partial charge in [-0.25, -0.2) is 9.59 Å². The molecule has 0 unspecified atom stereocenters. The van der Waals surface area contributed by atoms with Crippen molar-refractivity contribution >= 4 is 18.0 Å². The van der Waals surface area contributed by atoms with Crippen LogP contribution in [-0.4, -0.2) is 39.9 Å². The molecule has 0 aliphatic carbocycles. The van der Waals surface area contributed by atoms with Crippen molar-refractivity contribution in [2.75, 3.05) is 0 Å². The molecule has 98 valence electrons. The van der Waals surface area contributed by atoms with Gasteiger partial charge in [0.2, 0.25) is 0 Å². The summed E-state index contributed by atoms with van der Waals surface area (Å²) < 4.78 is 4.84. The number of hydrogen-bond donors (Lipinski definition) is 3. The van der Waals surface area contributed by atoms with Crippen molar-refractivity contribution in [3.63, 3.8) is 0 Å². The van der Waals surface area contributed by atoms with E-state index in [-0.39, 0.29) is 0 Å². The van der Waals surface area contributed by atoms with Gasteiger partial charge in [-0.2, -0.15) is 0 Å². The first kappa shape index (κ1) is 15.2. The number of aliphatic carboxylic acids is 2. The first-order valence-electron chi connectivity index (χ1n) is 4.99. The van der Waals surface area contributed by atoms with Gasteiger partial charge in [-0.3, -0.25) is 4.79 Å². The van der Waals surface area contributed by atoms with Gasteiger partial charge in [0.1, 0.15) is 11.6 Å². The van der Waals surface area contributed by atoms with Crippen LogP contribution in [-0.2, 0) is 14.3 Å². The highest BCUT2D eigenvalue weighted by Crippen LogP contribution is 2.09. The summed E-state index contributed by atoms with van der Waals surface area (Å²) in [6, 6.07) is -1.53. The molecule has 0 aromatic rings. The number of carboxylic acid groups (broad SMARTS) is 2. The van der Waals surface area contributed by atoms with E-state index in [9.17, 15) is 14.4 Å². The highest BCUT2D eigenvalue weighted by atomic mass is 16.6. The zero-order chi connectivity index (χ0) is 13.8. The van der Waals surface area contributed by atoms with E-state index < -0.39 is 35.6 Å². The number of nitrogens with one attached hydrogen (secondary N) is 1. The van der Waals surface area contributed by atoms with Crippen LogP contribution in [0.15, 0.2) is 0 Å². The fourth-order valence-electron chi connectivity index (χ4n) is 0.978. The quantitative estimate of drug-likeness (QED) is 0.673. The predicted octanol–water partition coefficient (Wildman–Crippen LogP) is 0.685. The van der Waals surface area contributed by atoms with Crippen molar-refractivity contribution in [1.82, 2.24) is 5.32 Å². The lowest BCUT2D eigenvalue weighted by Gasteiger charge is -2.23. The van der Waals surface area contributed by atoms with E-state index in [4.69, 9.17) is 14.9 Å². The molecule has 0 fully saturated rings. The zero-order valence-corrected chi connectivity index (χ0v) is 10.2. The molecule has 0 bridgehead atoms. The van der Waals surface area contributed by atoms with Crippen molar-refractivity contribution in [2.24, 2.45) is 5.92 Å². The Kier molecular flexibility index (Phi) is 4.93. The standard InChI is InChI=1S/C10H17NO6/c1-5(7(12)13)6(8(14)15)11-9(16)17-10(2,3)4/h5-6H,1-4H3,(H,11,16)(H,12,13)(H,14,15)/t5-,6-/m1/s1. The number of carboxylic acids is 2. The van der Waals surface area contributed by atoms with Gasteiger partial charge in [0.05, 0.1) is 5.92 Å². The topological polar surface area (TPSA) is 113 Å². The van der Waals surface area contributed by atoms with Gasteiger partial charge in [0, 0.05) is 0 Å². The molecule has 0 saturated heterocycles. The molecule has 7 nitrogen and oxygen atoms in total. The van der Waals surface area contributed by atoms with E-state index in [1.165, 1.54) is 6.92 Å². The molecule has 0 rings (SSSR count). The summed E-state index contributed by atoms with van der Waals surface area (Å²) >= 11 is 0. The summed E-state index contributed by atoms with van der Waals surface area (Å²) in [6.07, 6.45) is -0.960. The Morgan fingerprint density at radius 3 is 1.88 bits per heavy atom. The lowest BCUT2D eigenvalue weighted by Crippen LogP contribution is -2.49. The number of hydrogen-bond acceptors (Lipinski definition) is 4. The van der Waals surface area contributed by atoms with Crippen LogP contribution in [0.3, 0.4) is 0 Å². The monoisotopic (exact) mass is 247 g/mol. The summed E-state index contributed by atoms with van der Waals surface area (Å²) in [7, 11) is 0. The van der Waals surface area contributed by atoms with E-state index >= 15 is 0 Å². The number of alkyl carbamates (subject to hydrolysis) is 1. The Morgan fingerprint density at radius 2 is 1.59 bits per heavy atom. The summed E-state index contributed by atoms with van der Waals surface area (Å²) in [5.41, 5.74) is -0.778. The minimum atomic E-state index is -1.53. The van der Waals surface area contributed by atoms with Crippen LogP contribution in [0.25, 0.3) is 0 Å². The van der Waals surface area contributed by atoms with Crippen LogP contribution in [0.1, 0.15) is 27.7 Å². The second-order valence-electron chi connectivity index (χ2n) is 4.59. The maximum Gasteiger partial charge on any atom is 0.408 e. The van der Waals surface area contributed by atoms with E-state index in [1.54, 1.807) is 20.8 Å². The average Bonchev–Trinajstić information content (AvgIpc) is 2.09. The third-order valence-corrected chi connectivity index (χ3v) is 1.83. The third kappa shape index (κ3) is 5.74. The predicted molar refractivity (Wildman–Crippen MR) is 57.6 cm³/mol. The minimum absolute atomic E-state index is 0.778. The molecule has 0 spiro atoms. The van der Waals surface area contributed by atoms with Crippen molar-refractivity contribution in [1.29, 1.82) is 0 Å². The summed E-state index contributed by atoms with van der Waals surface area (Å²) in [5.74, 6) is -3.99. The first-order chi connectivity index (χ1) is 7.54. The molecular weight excluding hydrogens is 230 g/mol. The molecule has 0 aromatic carbocycles. The van der Waals surface area contributed by atoms with Crippen LogP contribution in [0.2, 0.25) is 0 Å². The Hall–Kier alpha value is -1.79. The first-order valence-corrected chi connectivity index (χ1v) is 4.99. The molecule has 17 heavy (non-hydrogen) atoms. The van der Waals surface area contributed by atoms with Crippen molar-refractivity contribution in [2.45, 2.75) is 39.3 Å². The second-order valence-corrected chi connectivity index (χ2v) is 4.59. The molecule has 1 amide bonds. The van der Waals surface area contributed by atoms with Crippen molar-refractivity contribution in [3.05, 3.63) is 0 Å². The van der Waals surface area contributed by atoms with E-state index in [0.717, 1.165) is 0 Å². The minimum Gasteiger partial charge on any atom is -0.481 e. The molecule has 0 saturated carbocycles. The maximum atomic E-state index is 11.3. The second kappa shape index (κ2) is 5.51. The van der Waals surface area contributed by atoms with E-state index in [2.05, 4.69) is 0 Å². The van der Waals surface area contributed by atoms with Crippen molar-refractivity contribution < 1.29 is 29.3 Å². The molecule has 2 atom stereocenters. The summed E-state index contributed by atoms with van der Waals surface area (Å²) in [6.45, 7) is 6.04. The molecule has 7 heteroatoms. The van der Waals surface area contributed by atoms with Crippen LogP contribution in [0.4, 0.5) is 4.79 Å². The summed E-state index contributed by atoms with van der Waals surface area (Å²) in [4.78, 5) is 32.8. The zero-order valence-electron chi connectivity index (χ0n) is 10.2. The van der Waals surface area contributed by atoms with Gasteiger partial charge in [0.15, 0.2) is 0 Å². The highest BCUT2D eigenvalue weighted by Gasteiger charge is 2.32. The normalized spacial score (nSPS) is 14.6. The van der Waals surface area contributed by atoms with Crippen LogP contribution in [0.5, 0.6) is 0 Å². The third-order valence-electron chi connectivity index (χ3n) is 1.83. The fraction of sp³-hybridized carbons (Fsp3) is 0.700. The van der Waals surface area contributed by atoms with Gasteiger partial charge in [-0.1, -0.05) is 0 Å². The SMILES string of the molecule is C[C@@H](C(=O)O)[C@@H](NC(=O)OC(C)(C)C)C(=O)O. The van der Waals surface area contributed by atoms with Crippen LogP contribution in [0, 0.1) is 5.92 Å². The van der Waals surface area contributed by atoms with Gasteiger partial charge in [-0.15, -0.1) is 0 Å². The number of carbonyl (C=O) groups excluding carboxylic acids is 1. The van der Waals surface area contributed by atoms with Gasteiger partial charge < -0.3 is 20.3 Å². The molecule has 3 N–H and O–H groups in total. The van der Waals surface area contributed by atoms with Crippen LogP contribution >= 0.6 is 0 Å². The molecule has 0 aliphatic heterocycles. The van der Waals surface area contributed by atoms with Gasteiger partial charge in [0.25, 0.3) is 0 Å². The molecule has 0 heterocycles. The van der Waals surface area contributed by atoms with Gasteiger partial charge >= 0.3 is 18.0 Å². The van der Waals surface area contributed by atoms with Crippen molar-refractivity contribution in [3.8, 4) is 0 Å². The number of amides is 1. The van der Waals surface area contributed by atoms with E-state index in [1.807, 2.05) is 5.32 Å². The molecular formula is C10H17NO6. The largest absolute Gasteiger partial charge is 0.481 e. The number of carbonyl (C=O) groups is 3. The molecule has 0 aromatic heterocycles. The fourth-order valence-corrected chi connectivity index (χ4v) is 0.978. The van der Waals surface area contributed by atoms with Gasteiger partial charge in [-0.05, 0) is 27.7 Å². The maximum absolute atomic E-state index is 11.3. The number of rotatable bonds is 4. The Morgan fingerprint density at radius 1 is 1.12 bits per heavy atom. The lowest BCUT2D eigenvalue weighted by atomic mass is 10.0. The smallest absolute Gasteiger partial charge is 0.408 e. The highest BCUT2D eigenvalue weighted by molar-refractivity contribution is 5.86.